The van der Waals surface area contributed by atoms with Crippen molar-refractivity contribution in [3.05, 3.63) is 83.0 Å². The van der Waals surface area contributed by atoms with E-state index in [2.05, 4.69) is 4.98 Å². The van der Waals surface area contributed by atoms with Crippen LogP contribution >= 0.6 is 12.4 Å². The molecule has 0 aliphatic carbocycles. The largest absolute Gasteiger partial charge is 0.476 e. The highest BCUT2D eigenvalue weighted by Gasteiger charge is 2.38. The van der Waals surface area contributed by atoms with Crippen molar-refractivity contribution in [2.24, 2.45) is 0 Å². The van der Waals surface area contributed by atoms with E-state index in [1.807, 2.05) is 36.4 Å². The highest BCUT2D eigenvalue weighted by molar-refractivity contribution is 5.85. The maximum atomic E-state index is 13.3. The van der Waals surface area contributed by atoms with Crippen LogP contribution in [0.5, 0.6) is 5.88 Å². The molecular weight excluding hydrogens is 482 g/mol. The normalized spacial score (nSPS) is 15.5. The lowest BCUT2D eigenvalue weighted by atomic mass is 9.97. The number of nitrogens with zero attached hydrogens (tertiary/aromatic N) is 2. The Hall–Kier alpha value is -2.78. The van der Waals surface area contributed by atoms with Gasteiger partial charge < -0.3 is 4.74 Å². The zero-order valence-electron chi connectivity index (χ0n) is 18.0. The molecule has 2 aromatic carbocycles. The van der Waals surface area contributed by atoms with Crippen LogP contribution in [0.2, 0.25) is 0 Å². The van der Waals surface area contributed by atoms with Gasteiger partial charge >= 0.3 is 12.4 Å². The second-order valence-electron chi connectivity index (χ2n) is 7.84. The Balaban J connectivity index is 0.00000324. The smallest absolute Gasteiger partial charge is 0.416 e. The molecule has 3 aromatic rings. The summed E-state index contributed by atoms with van der Waals surface area (Å²) in [5.74, 6) is 0.408. The van der Waals surface area contributed by atoms with Crippen LogP contribution in [0.1, 0.15) is 35.2 Å². The van der Waals surface area contributed by atoms with Crippen molar-refractivity contribution < 1.29 is 31.1 Å². The standard InChI is InChI=1S/C24H20F6N2O.ClH/c1-15(17-11-18(23(25,26)27)13-19(12-17)24(28,29)30)32-9-10-33-22-21(14-32)20(7-8-31-22)16-5-3-2-4-6-16;/h2-8,11-13,15H,9-10,14H2,1H3;1H. The molecule has 0 N–H and O–H groups in total. The van der Waals surface area contributed by atoms with Gasteiger partial charge in [0.25, 0.3) is 0 Å². The lowest BCUT2D eigenvalue weighted by molar-refractivity contribution is -0.143. The van der Waals surface area contributed by atoms with Crippen LogP contribution in [0.25, 0.3) is 11.1 Å². The number of benzene rings is 2. The summed E-state index contributed by atoms with van der Waals surface area (Å²) in [6, 6.07) is 12.3. The Morgan fingerprint density at radius 1 is 0.912 bits per heavy atom. The molecule has 1 aliphatic heterocycles. The van der Waals surface area contributed by atoms with E-state index in [-0.39, 0.29) is 37.2 Å². The molecule has 10 heteroatoms. The third kappa shape index (κ3) is 5.47. The molecule has 4 rings (SSSR count). The Morgan fingerprint density at radius 3 is 2.12 bits per heavy atom. The molecule has 0 radical (unpaired) electrons. The highest BCUT2D eigenvalue weighted by Crippen LogP contribution is 2.39. The Labute approximate surface area is 198 Å². The van der Waals surface area contributed by atoms with Crippen LogP contribution in [0, 0.1) is 0 Å². The van der Waals surface area contributed by atoms with Gasteiger partial charge in [-0.2, -0.15) is 26.3 Å². The predicted octanol–water partition coefficient (Wildman–Crippen LogP) is 7.16. The number of halogens is 7. The maximum Gasteiger partial charge on any atom is 0.416 e. The first-order valence-electron chi connectivity index (χ1n) is 10.2. The van der Waals surface area contributed by atoms with Crippen molar-refractivity contribution in [2.75, 3.05) is 13.2 Å². The third-order valence-corrected chi connectivity index (χ3v) is 5.72. The van der Waals surface area contributed by atoms with Gasteiger partial charge in [0, 0.05) is 30.9 Å². The molecule has 0 amide bonds. The number of hydrogen-bond donors (Lipinski definition) is 0. The molecule has 0 fully saturated rings. The Morgan fingerprint density at radius 2 is 1.53 bits per heavy atom. The van der Waals surface area contributed by atoms with Crippen LogP contribution in [0.3, 0.4) is 0 Å². The Kier molecular flexibility index (Phi) is 7.47. The summed E-state index contributed by atoms with van der Waals surface area (Å²) in [6.45, 7) is 2.36. The number of ether oxygens (including phenoxy) is 1. The molecule has 34 heavy (non-hydrogen) atoms. The zero-order valence-corrected chi connectivity index (χ0v) is 18.8. The van der Waals surface area contributed by atoms with Gasteiger partial charge in [-0.15, -0.1) is 12.4 Å². The molecule has 0 spiro atoms. The molecule has 2 heterocycles. The van der Waals surface area contributed by atoms with Gasteiger partial charge in [-0.1, -0.05) is 30.3 Å². The van der Waals surface area contributed by atoms with Crippen LogP contribution in [-0.2, 0) is 18.9 Å². The van der Waals surface area contributed by atoms with Gasteiger partial charge in [0.15, 0.2) is 0 Å². The molecule has 1 unspecified atom stereocenters. The summed E-state index contributed by atoms with van der Waals surface area (Å²) >= 11 is 0. The lowest BCUT2D eigenvalue weighted by Crippen LogP contribution is -2.29. The van der Waals surface area contributed by atoms with Gasteiger partial charge in [-0.3, -0.25) is 4.90 Å². The average Bonchev–Trinajstić information content (AvgIpc) is 3.00. The summed E-state index contributed by atoms with van der Waals surface area (Å²) in [4.78, 5) is 6.08. The van der Waals surface area contributed by atoms with Crippen LogP contribution in [0.4, 0.5) is 26.3 Å². The van der Waals surface area contributed by atoms with E-state index >= 15 is 0 Å². The third-order valence-electron chi connectivity index (χ3n) is 5.72. The van der Waals surface area contributed by atoms with Crippen LogP contribution in [0.15, 0.2) is 60.8 Å². The van der Waals surface area contributed by atoms with Crippen molar-refractivity contribution in [1.82, 2.24) is 9.88 Å². The minimum atomic E-state index is -4.89. The fraction of sp³-hybridized carbons (Fsp3) is 0.292. The van der Waals surface area contributed by atoms with Gasteiger partial charge in [0.1, 0.15) is 6.61 Å². The summed E-state index contributed by atoms with van der Waals surface area (Å²) in [7, 11) is 0. The fourth-order valence-electron chi connectivity index (χ4n) is 3.94. The molecule has 0 saturated heterocycles. The topological polar surface area (TPSA) is 25.4 Å². The molecule has 1 atom stereocenters. The first-order chi connectivity index (χ1) is 15.5. The molecule has 182 valence electrons. The highest BCUT2D eigenvalue weighted by atomic mass is 35.5. The second-order valence-corrected chi connectivity index (χ2v) is 7.84. The van der Waals surface area contributed by atoms with E-state index in [9.17, 15) is 26.3 Å². The van der Waals surface area contributed by atoms with Crippen molar-refractivity contribution >= 4 is 12.4 Å². The minimum absolute atomic E-state index is 0. The van der Waals surface area contributed by atoms with E-state index in [0.717, 1.165) is 28.8 Å². The number of pyridine rings is 1. The molecule has 1 aromatic heterocycles. The summed E-state index contributed by atoms with van der Waals surface area (Å²) < 4.78 is 85.8. The molecular formula is C24H21ClF6N2O. The second kappa shape index (κ2) is 9.84. The number of hydrogen-bond acceptors (Lipinski definition) is 3. The van der Waals surface area contributed by atoms with Crippen molar-refractivity contribution in [1.29, 1.82) is 0 Å². The number of fused-ring (bicyclic) bond motifs is 1. The van der Waals surface area contributed by atoms with Crippen LogP contribution < -0.4 is 4.74 Å². The lowest BCUT2D eigenvalue weighted by Gasteiger charge is -2.29. The van der Waals surface area contributed by atoms with E-state index in [0.29, 0.717) is 12.4 Å². The monoisotopic (exact) mass is 502 g/mol. The summed E-state index contributed by atoms with van der Waals surface area (Å²) in [6.07, 6.45) is -8.17. The van der Waals surface area contributed by atoms with E-state index in [4.69, 9.17) is 4.74 Å². The number of rotatable bonds is 3. The average molecular weight is 503 g/mol. The van der Waals surface area contributed by atoms with E-state index < -0.39 is 29.5 Å². The first kappa shape index (κ1) is 25.8. The fourth-order valence-corrected chi connectivity index (χ4v) is 3.94. The number of alkyl halides is 6. The van der Waals surface area contributed by atoms with Gasteiger partial charge in [-0.05, 0) is 47.9 Å². The van der Waals surface area contributed by atoms with Gasteiger partial charge in [0.2, 0.25) is 5.88 Å². The van der Waals surface area contributed by atoms with Crippen LogP contribution in [-0.4, -0.2) is 23.0 Å². The summed E-state index contributed by atoms with van der Waals surface area (Å²) in [5.41, 5.74) is -0.219. The van der Waals surface area contributed by atoms with Gasteiger partial charge in [-0.25, -0.2) is 4.98 Å². The van der Waals surface area contributed by atoms with Crippen molar-refractivity contribution in [3.8, 4) is 17.0 Å². The molecule has 1 aliphatic rings. The first-order valence-corrected chi connectivity index (χ1v) is 10.2. The van der Waals surface area contributed by atoms with Crippen molar-refractivity contribution in [2.45, 2.75) is 31.9 Å². The van der Waals surface area contributed by atoms with Gasteiger partial charge in [0.05, 0.1) is 11.1 Å². The molecule has 3 nitrogen and oxygen atoms in total. The van der Waals surface area contributed by atoms with E-state index in [1.54, 1.807) is 18.0 Å². The van der Waals surface area contributed by atoms with E-state index in [1.165, 1.54) is 0 Å². The molecule has 0 bridgehead atoms. The number of aromatic nitrogens is 1. The minimum Gasteiger partial charge on any atom is -0.476 e. The van der Waals surface area contributed by atoms with Crippen molar-refractivity contribution in [3.63, 3.8) is 0 Å². The Bertz CT molecular complexity index is 1100. The summed E-state index contributed by atoms with van der Waals surface area (Å²) in [5, 5.41) is 0. The predicted molar refractivity (Wildman–Crippen MR) is 118 cm³/mol. The maximum absolute atomic E-state index is 13.3. The molecule has 0 saturated carbocycles. The SMILES string of the molecule is CC(c1cc(C(F)(F)F)cc(C(F)(F)F)c1)N1CCOc2nccc(-c3ccccc3)c2C1.Cl. The quantitative estimate of drug-likeness (QED) is 0.355. The zero-order chi connectivity index (χ0) is 23.8.